The third-order valence-corrected chi connectivity index (χ3v) is 2.11. The summed E-state index contributed by atoms with van der Waals surface area (Å²) in [6.45, 7) is 6.64. The second kappa shape index (κ2) is 7.64. The van der Waals surface area contributed by atoms with Crippen molar-refractivity contribution in [3.8, 4) is 6.07 Å². The van der Waals surface area contributed by atoms with Crippen LogP contribution in [0.25, 0.3) is 0 Å². The van der Waals surface area contributed by atoms with Crippen LogP contribution in [0.15, 0.2) is 18.3 Å². The molecule has 1 rings (SSSR count). The Morgan fingerprint density at radius 3 is 3.06 bits per heavy atom. The van der Waals surface area contributed by atoms with E-state index < -0.39 is 0 Å². The predicted molar refractivity (Wildman–Crippen MR) is 67.7 cm³/mol. The predicted octanol–water partition coefficient (Wildman–Crippen LogP) is 2.43. The van der Waals surface area contributed by atoms with E-state index in [1.54, 1.807) is 18.3 Å². The van der Waals surface area contributed by atoms with E-state index in [4.69, 9.17) is 10.00 Å². The van der Waals surface area contributed by atoms with Gasteiger partial charge in [0.1, 0.15) is 5.82 Å². The normalized spacial score (nSPS) is 10.2. The molecule has 0 radical (unpaired) electrons. The molecule has 0 aliphatic rings. The molecule has 0 bridgehead atoms. The standard InChI is InChI=1S/C13H19N3O/c1-11(2)10-17-7-3-5-15-13-8-12(9-14)4-6-16-13/h4,6,8,11H,3,5,7,10H2,1-2H3,(H,15,16). The molecule has 1 aromatic rings. The van der Waals surface area contributed by atoms with Gasteiger partial charge in [0.2, 0.25) is 0 Å². The maximum Gasteiger partial charge on any atom is 0.127 e. The van der Waals surface area contributed by atoms with E-state index in [0.717, 1.165) is 32.0 Å². The lowest BCUT2D eigenvalue weighted by atomic mass is 10.2. The largest absolute Gasteiger partial charge is 0.381 e. The summed E-state index contributed by atoms with van der Waals surface area (Å²) in [5.41, 5.74) is 0.624. The van der Waals surface area contributed by atoms with E-state index in [2.05, 4.69) is 30.2 Å². The number of nitrogens with one attached hydrogen (secondary N) is 1. The van der Waals surface area contributed by atoms with Gasteiger partial charge in [-0.1, -0.05) is 13.8 Å². The van der Waals surface area contributed by atoms with E-state index in [-0.39, 0.29) is 0 Å². The quantitative estimate of drug-likeness (QED) is 0.735. The first-order chi connectivity index (χ1) is 8.22. The summed E-state index contributed by atoms with van der Waals surface area (Å²) in [4.78, 5) is 4.13. The fourth-order valence-electron chi connectivity index (χ4n) is 1.31. The van der Waals surface area contributed by atoms with Crippen molar-refractivity contribution in [2.45, 2.75) is 20.3 Å². The Bertz CT molecular complexity index is 371. The molecule has 17 heavy (non-hydrogen) atoms. The minimum absolute atomic E-state index is 0.580. The first-order valence-electron chi connectivity index (χ1n) is 5.90. The van der Waals surface area contributed by atoms with Gasteiger partial charge in [0.25, 0.3) is 0 Å². The Morgan fingerprint density at radius 2 is 2.35 bits per heavy atom. The Hall–Kier alpha value is -1.60. The van der Waals surface area contributed by atoms with E-state index in [1.165, 1.54) is 0 Å². The van der Waals surface area contributed by atoms with Crippen LogP contribution < -0.4 is 5.32 Å². The third kappa shape index (κ3) is 5.88. The number of nitrogens with zero attached hydrogens (tertiary/aromatic N) is 2. The average Bonchev–Trinajstić information content (AvgIpc) is 2.33. The van der Waals surface area contributed by atoms with Gasteiger partial charge in [-0.15, -0.1) is 0 Å². The molecule has 0 atom stereocenters. The molecule has 0 aliphatic heterocycles. The van der Waals surface area contributed by atoms with Gasteiger partial charge in [-0.3, -0.25) is 0 Å². The minimum Gasteiger partial charge on any atom is -0.381 e. The van der Waals surface area contributed by atoms with E-state index in [0.29, 0.717) is 11.5 Å². The molecule has 0 unspecified atom stereocenters. The molecule has 4 nitrogen and oxygen atoms in total. The maximum absolute atomic E-state index is 8.73. The van der Waals surface area contributed by atoms with Crippen molar-refractivity contribution in [2.24, 2.45) is 5.92 Å². The zero-order valence-corrected chi connectivity index (χ0v) is 10.4. The van der Waals surface area contributed by atoms with Crippen molar-refractivity contribution in [2.75, 3.05) is 25.1 Å². The molecule has 1 heterocycles. The van der Waals surface area contributed by atoms with Gasteiger partial charge in [-0.25, -0.2) is 4.98 Å². The number of hydrogen-bond acceptors (Lipinski definition) is 4. The monoisotopic (exact) mass is 233 g/mol. The summed E-state index contributed by atoms with van der Waals surface area (Å²) in [6.07, 6.45) is 2.57. The van der Waals surface area contributed by atoms with Crippen molar-refractivity contribution in [1.82, 2.24) is 4.98 Å². The van der Waals surface area contributed by atoms with Crippen LogP contribution in [0.4, 0.5) is 5.82 Å². The highest BCUT2D eigenvalue weighted by Crippen LogP contribution is 2.05. The SMILES string of the molecule is CC(C)COCCCNc1cc(C#N)ccn1. The Balaban J connectivity index is 2.16. The number of anilines is 1. The lowest BCUT2D eigenvalue weighted by molar-refractivity contribution is 0.110. The number of nitriles is 1. The molecule has 1 aromatic heterocycles. The third-order valence-electron chi connectivity index (χ3n) is 2.11. The number of ether oxygens (including phenoxy) is 1. The zero-order chi connectivity index (χ0) is 12.5. The summed E-state index contributed by atoms with van der Waals surface area (Å²) in [7, 11) is 0. The summed E-state index contributed by atoms with van der Waals surface area (Å²) in [5.74, 6) is 1.32. The van der Waals surface area contributed by atoms with Crippen LogP contribution in [0.3, 0.4) is 0 Å². The first kappa shape index (κ1) is 13.5. The van der Waals surface area contributed by atoms with Gasteiger partial charge in [0.15, 0.2) is 0 Å². The second-order valence-corrected chi connectivity index (χ2v) is 4.29. The molecule has 4 heteroatoms. The molecule has 0 fully saturated rings. The molecule has 0 amide bonds. The van der Waals surface area contributed by atoms with Gasteiger partial charge in [-0.05, 0) is 24.5 Å². The highest BCUT2D eigenvalue weighted by atomic mass is 16.5. The van der Waals surface area contributed by atoms with Crippen LogP contribution in [0.1, 0.15) is 25.8 Å². The first-order valence-corrected chi connectivity index (χ1v) is 5.90. The molecule has 0 aromatic carbocycles. The number of rotatable bonds is 7. The highest BCUT2D eigenvalue weighted by Gasteiger charge is 1.96. The minimum atomic E-state index is 0.580. The topological polar surface area (TPSA) is 57.9 Å². The smallest absolute Gasteiger partial charge is 0.127 e. The number of aromatic nitrogens is 1. The van der Waals surface area contributed by atoms with E-state index in [9.17, 15) is 0 Å². The van der Waals surface area contributed by atoms with Gasteiger partial charge in [0, 0.05) is 26.0 Å². The molecule has 0 spiro atoms. The Kier molecular flexibility index (Phi) is 6.05. The molecule has 0 saturated carbocycles. The van der Waals surface area contributed by atoms with Crippen molar-refractivity contribution in [3.63, 3.8) is 0 Å². The Morgan fingerprint density at radius 1 is 1.53 bits per heavy atom. The lowest BCUT2D eigenvalue weighted by Crippen LogP contribution is -2.09. The van der Waals surface area contributed by atoms with Crippen LogP contribution in [-0.4, -0.2) is 24.7 Å². The number of hydrogen-bond donors (Lipinski definition) is 1. The van der Waals surface area contributed by atoms with Gasteiger partial charge < -0.3 is 10.1 Å². The molecule has 0 saturated heterocycles. The van der Waals surface area contributed by atoms with Crippen LogP contribution in [0.5, 0.6) is 0 Å². The van der Waals surface area contributed by atoms with Crippen LogP contribution in [-0.2, 0) is 4.74 Å². The second-order valence-electron chi connectivity index (χ2n) is 4.29. The fraction of sp³-hybridized carbons (Fsp3) is 0.538. The molecule has 0 aliphatic carbocycles. The van der Waals surface area contributed by atoms with Crippen LogP contribution in [0, 0.1) is 17.2 Å². The van der Waals surface area contributed by atoms with Gasteiger partial charge >= 0.3 is 0 Å². The Labute approximate surface area is 103 Å². The molecule has 1 N–H and O–H groups in total. The number of pyridine rings is 1. The van der Waals surface area contributed by atoms with Gasteiger partial charge in [0.05, 0.1) is 11.6 Å². The molecular weight excluding hydrogens is 214 g/mol. The van der Waals surface area contributed by atoms with Crippen molar-refractivity contribution >= 4 is 5.82 Å². The summed E-state index contributed by atoms with van der Waals surface area (Å²) in [5, 5.41) is 11.9. The molecular formula is C13H19N3O. The average molecular weight is 233 g/mol. The maximum atomic E-state index is 8.73. The van der Waals surface area contributed by atoms with Crippen molar-refractivity contribution in [3.05, 3.63) is 23.9 Å². The highest BCUT2D eigenvalue weighted by molar-refractivity contribution is 5.42. The van der Waals surface area contributed by atoms with Crippen LogP contribution >= 0.6 is 0 Å². The lowest BCUT2D eigenvalue weighted by Gasteiger charge is -2.08. The zero-order valence-electron chi connectivity index (χ0n) is 10.4. The fourth-order valence-corrected chi connectivity index (χ4v) is 1.31. The van der Waals surface area contributed by atoms with Gasteiger partial charge in [-0.2, -0.15) is 5.26 Å². The summed E-state index contributed by atoms with van der Waals surface area (Å²) < 4.78 is 5.47. The summed E-state index contributed by atoms with van der Waals surface area (Å²) >= 11 is 0. The van der Waals surface area contributed by atoms with E-state index in [1.807, 2.05) is 0 Å². The van der Waals surface area contributed by atoms with E-state index >= 15 is 0 Å². The molecule has 92 valence electrons. The van der Waals surface area contributed by atoms with Crippen molar-refractivity contribution < 1.29 is 4.74 Å². The van der Waals surface area contributed by atoms with Crippen molar-refractivity contribution in [1.29, 1.82) is 5.26 Å². The van der Waals surface area contributed by atoms with Crippen LogP contribution in [0.2, 0.25) is 0 Å². The summed E-state index contributed by atoms with van der Waals surface area (Å²) in [6, 6.07) is 5.52.